The first-order valence-corrected chi connectivity index (χ1v) is 6.14. The number of benzene rings is 1. The molecule has 1 N–H and O–H groups in total. The quantitative estimate of drug-likeness (QED) is 0.676. The van der Waals surface area contributed by atoms with Gasteiger partial charge in [0.1, 0.15) is 12.2 Å². The largest absolute Gasteiger partial charge is 0.513 e. The summed E-state index contributed by atoms with van der Waals surface area (Å²) in [5.74, 6) is -5.61. The van der Waals surface area contributed by atoms with Gasteiger partial charge in [0, 0.05) is 0 Å². The van der Waals surface area contributed by atoms with Crippen molar-refractivity contribution in [2.45, 2.75) is 18.5 Å². The Morgan fingerprint density at radius 1 is 1.21 bits per heavy atom. The zero-order valence-corrected chi connectivity index (χ0v) is 9.89. The van der Waals surface area contributed by atoms with E-state index in [4.69, 9.17) is 4.89 Å². The second-order valence-corrected chi connectivity index (χ2v) is 4.63. The topological polar surface area (TPSA) is 46.5 Å². The van der Waals surface area contributed by atoms with E-state index in [9.17, 15) is 30.7 Å². The second-order valence-electron chi connectivity index (χ2n) is 3.54. The van der Waals surface area contributed by atoms with E-state index in [1.165, 1.54) is 0 Å². The van der Waals surface area contributed by atoms with Crippen LogP contribution in [0.2, 0.25) is 0 Å². The Bertz CT molecular complexity index is 499. The summed E-state index contributed by atoms with van der Waals surface area (Å²) >= 11 is 0. The molecule has 2 unspecified atom stereocenters. The lowest BCUT2D eigenvalue weighted by atomic mass is 10.0. The van der Waals surface area contributed by atoms with Gasteiger partial charge in [-0.15, -0.1) is 4.20 Å². The van der Waals surface area contributed by atoms with Crippen molar-refractivity contribution in [2.75, 3.05) is 0 Å². The molecule has 0 aliphatic rings. The first-order chi connectivity index (χ1) is 8.43. The molecule has 0 fully saturated rings. The van der Waals surface area contributed by atoms with Gasteiger partial charge in [0.25, 0.3) is 5.85 Å². The molecule has 0 spiro atoms. The molecule has 0 aromatic heterocycles. The number of hydrogen-bond donors (Lipinski definition) is 1. The standard InChI is InChI=1S/C9H7F6O3P/c10-7-4-2-1-3-6(7)8(11,5-9(12,13)14)18-19(15,16)17/h1-4H,5H2,(H,16,17). The molecule has 1 aromatic rings. The molecule has 0 amide bonds. The molecule has 2 atom stereocenters. The molecule has 3 nitrogen and oxygen atoms in total. The Kier molecular flexibility index (Phi) is 4.33. The summed E-state index contributed by atoms with van der Waals surface area (Å²) in [6, 6.07) is 3.16. The van der Waals surface area contributed by atoms with Gasteiger partial charge >= 0.3 is 14.1 Å². The van der Waals surface area contributed by atoms with Crippen LogP contribution in [-0.4, -0.2) is 11.1 Å². The van der Waals surface area contributed by atoms with Gasteiger partial charge in [0.2, 0.25) is 0 Å². The molecule has 0 radical (unpaired) electrons. The molecule has 0 saturated heterocycles. The van der Waals surface area contributed by atoms with E-state index in [2.05, 4.69) is 4.52 Å². The molecule has 1 aromatic carbocycles. The van der Waals surface area contributed by atoms with Gasteiger partial charge in [-0.3, -0.25) is 4.89 Å². The molecular formula is C9H7F6O3P. The van der Waals surface area contributed by atoms with E-state index in [-0.39, 0.29) is 0 Å². The van der Waals surface area contributed by atoms with Gasteiger partial charge in [-0.2, -0.15) is 13.2 Å². The molecule has 10 heteroatoms. The van der Waals surface area contributed by atoms with Gasteiger partial charge in [-0.25, -0.2) is 17.9 Å². The maximum Gasteiger partial charge on any atom is 0.513 e. The van der Waals surface area contributed by atoms with Crippen LogP contribution in [0.5, 0.6) is 0 Å². The molecule has 108 valence electrons. The van der Waals surface area contributed by atoms with Crippen molar-refractivity contribution >= 4 is 7.91 Å². The molecule has 1 rings (SSSR count). The fraction of sp³-hybridized carbons (Fsp3) is 0.333. The summed E-state index contributed by atoms with van der Waals surface area (Å²) in [6.07, 6.45) is -7.69. The van der Waals surface area contributed by atoms with Crippen LogP contribution in [0, 0.1) is 5.82 Å². The van der Waals surface area contributed by atoms with Crippen molar-refractivity contribution in [3.05, 3.63) is 35.6 Å². The minimum atomic E-state index is -6.10. The molecule has 0 aliphatic heterocycles. The Hall–Kier alpha value is -1.05. The summed E-state index contributed by atoms with van der Waals surface area (Å²) in [6.45, 7) is 0. The van der Waals surface area contributed by atoms with Crippen molar-refractivity contribution in [3.63, 3.8) is 0 Å². The fourth-order valence-electron chi connectivity index (χ4n) is 1.38. The smallest absolute Gasteiger partial charge is 0.299 e. The van der Waals surface area contributed by atoms with E-state index in [1.54, 1.807) is 0 Å². The monoisotopic (exact) mass is 308 g/mol. The van der Waals surface area contributed by atoms with Crippen LogP contribution in [0.4, 0.5) is 26.1 Å². The number of alkyl halides is 4. The van der Waals surface area contributed by atoms with Crippen molar-refractivity contribution in [2.24, 2.45) is 0 Å². The summed E-state index contributed by atoms with van der Waals surface area (Å²) in [4.78, 5) is 8.24. The number of rotatable bonds is 4. The SMILES string of the molecule is O=P(O)(F)OC(F)(CC(F)(F)F)c1ccccc1F. The highest BCUT2D eigenvalue weighted by Gasteiger charge is 2.50. The Balaban J connectivity index is 3.27. The minimum absolute atomic E-state index is 0.552. The van der Waals surface area contributed by atoms with Crippen molar-refractivity contribution in [1.29, 1.82) is 0 Å². The zero-order valence-electron chi connectivity index (χ0n) is 9.00. The maximum atomic E-state index is 14.0. The van der Waals surface area contributed by atoms with Crippen LogP contribution in [0.1, 0.15) is 12.0 Å². The van der Waals surface area contributed by atoms with Gasteiger partial charge in [0.05, 0.1) is 5.56 Å². The summed E-state index contributed by atoms with van der Waals surface area (Å²) in [5.41, 5.74) is -1.32. The Morgan fingerprint density at radius 2 is 1.74 bits per heavy atom. The van der Waals surface area contributed by atoms with Crippen LogP contribution in [0.25, 0.3) is 0 Å². The van der Waals surface area contributed by atoms with Crippen molar-refractivity contribution in [1.82, 2.24) is 0 Å². The highest BCUT2D eigenvalue weighted by atomic mass is 31.2. The summed E-state index contributed by atoms with van der Waals surface area (Å²) in [7, 11) is -6.10. The Morgan fingerprint density at radius 3 is 2.16 bits per heavy atom. The molecular weight excluding hydrogens is 301 g/mol. The molecule has 0 saturated carbocycles. The predicted molar refractivity (Wildman–Crippen MR) is 51.9 cm³/mol. The van der Waals surface area contributed by atoms with E-state index >= 15 is 0 Å². The van der Waals surface area contributed by atoms with Gasteiger partial charge in [-0.1, -0.05) is 18.2 Å². The average molecular weight is 308 g/mol. The molecule has 0 bridgehead atoms. The first-order valence-electron chi connectivity index (χ1n) is 4.67. The normalized spacial score (nSPS) is 18.7. The highest BCUT2D eigenvalue weighted by Crippen LogP contribution is 2.54. The highest BCUT2D eigenvalue weighted by molar-refractivity contribution is 7.46. The van der Waals surface area contributed by atoms with Gasteiger partial charge in [-0.05, 0) is 6.07 Å². The third-order valence-electron chi connectivity index (χ3n) is 1.96. The van der Waals surface area contributed by atoms with Crippen LogP contribution < -0.4 is 0 Å². The lowest BCUT2D eigenvalue weighted by Crippen LogP contribution is -2.30. The Labute approximate surface area is 103 Å². The molecule has 0 aliphatic carbocycles. The molecule has 19 heavy (non-hydrogen) atoms. The van der Waals surface area contributed by atoms with E-state index < -0.39 is 37.7 Å². The lowest BCUT2D eigenvalue weighted by molar-refractivity contribution is -0.211. The van der Waals surface area contributed by atoms with Crippen LogP contribution in [-0.2, 0) is 14.9 Å². The van der Waals surface area contributed by atoms with Crippen molar-refractivity contribution < 1.29 is 40.1 Å². The zero-order chi connectivity index (χ0) is 14.9. The predicted octanol–water partition coefficient (Wildman–Crippen LogP) is 3.99. The maximum absolute atomic E-state index is 14.0. The third-order valence-corrected chi connectivity index (χ3v) is 2.48. The van der Waals surface area contributed by atoms with E-state index in [0.29, 0.717) is 12.1 Å². The van der Waals surface area contributed by atoms with Crippen LogP contribution in [0.15, 0.2) is 24.3 Å². The van der Waals surface area contributed by atoms with E-state index in [1.807, 2.05) is 0 Å². The van der Waals surface area contributed by atoms with Crippen LogP contribution >= 0.6 is 7.91 Å². The van der Waals surface area contributed by atoms with E-state index in [0.717, 1.165) is 12.1 Å². The minimum Gasteiger partial charge on any atom is -0.299 e. The third kappa shape index (κ3) is 4.85. The summed E-state index contributed by atoms with van der Waals surface area (Å²) in [5, 5.41) is 0. The number of halogens is 6. The second kappa shape index (κ2) is 5.15. The average Bonchev–Trinajstić information content (AvgIpc) is 2.11. The number of hydrogen-bond acceptors (Lipinski definition) is 2. The van der Waals surface area contributed by atoms with Crippen LogP contribution in [0.3, 0.4) is 0 Å². The molecule has 0 heterocycles. The first kappa shape index (κ1) is 16.0. The van der Waals surface area contributed by atoms with Crippen molar-refractivity contribution in [3.8, 4) is 0 Å². The fourth-order valence-corrected chi connectivity index (χ4v) is 1.90. The van der Waals surface area contributed by atoms with Gasteiger partial charge < -0.3 is 0 Å². The summed E-state index contributed by atoms with van der Waals surface area (Å²) < 4.78 is 90.0. The van der Waals surface area contributed by atoms with Gasteiger partial charge in [0.15, 0.2) is 0 Å². The lowest BCUT2D eigenvalue weighted by Gasteiger charge is -2.26.